The van der Waals surface area contributed by atoms with E-state index in [0.29, 0.717) is 48.9 Å². The van der Waals surface area contributed by atoms with Crippen molar-refractivity contribution in [1.82, 2.24) is 25.1 Å². The second-order valence-corrected chi connectivity index (χ2v) is 9.10. The molecule has 38 heavy (non-hydrogen) atoms. The van der Waals surface area contributed by atoms with Crippen LogP contribution in [0.15, 0.2) is 42.6 Å². The van der Waals surface area contributed by atoms with Crippen molar-refractivity contribution in [3.63, 3.8) is 0 Å². The van der Waals surface area contributed by atoms with Crippen molar-refractivity contribution in [2.45, 2.75) is 31.4 Å². The van der Waals surface area contributed by atoms with E-state index in [9.17, 15) is 19.1 Å². The van der Waals surface area contributed by atoms with Crippen LogP contribution in [0.5, 0.6) is 0 Å². The normalized spacial score (nSPS) is 16.8. The van der Waals surface area contributed by atoms with Crippen LogP contribution < -0.4 is 16.0 Å². The number of carbonyl (C=O) groups excluding carboxylic acids is 2. The van der Waals surface area contributed by atoms with Gasteiger partial charge in [-0.2, -0.15) is 4.98 Å². The summed E-state index contributed by atoms with van der Waals surface area (Å²) in [6.45, 7) is 1.14. The number of aliphatic hydroxyl groups is 1. The van der Waals surface area contributed by atoms with Gasteiger partial charge in [0, 0.05) is 51.3 Å². The van der Waals surface area contributed by atoms with Gasteiger partial charge in [-0.15, -0.1) is 0 Å². The highest BCUT2D eigenvalue weighted by molar-refractivity contribution is 5.93. The number of carbonyl (C=O) groups is 2. The van der Waals surface area contributed by atoms with Crippen LogP contribution in [0.25, 0.3) is 0 Å². The first kappa shape index (κ1) is 28.6. The van der Waals surface area contributed by atoms with Crippen LogP contribution in [0, 0.1) is 17.7 Å². The van der Waals surface area contributed by atoms with E-state index in [0.717, 1.165) is 0 Å². The zero-order valence-electron chi connectivity index (χ0n) is 21.9. The van der Waals surface area contributed by atoms with Crippen molar-refractivity contribution < 1.29 is 19.1 Å². The van der Waals surface area contributed by atoms with E-state index in [1.54, 1.807) is 31.5 Å². The SMILES string of the molecule is CNc1nc(Nc2cccc(F)c2)ncc1C#CCCCNC(=O)[C@@H]1C[C@H](O)CN1C(=O)/C=C/CN(C)C. The van der Waals surface area contributed by atoms with Gasteiger partial charge in [0.2, 0.25) is 17.8 Å². The minimum Gasteiger partial charge on any atom is -0.391 e. The fourth-order valence-electron chi connectivity index (χ4n) is 3.85. The van der Waals surface area contributed by atoms with Crippen LogP contribution in [-0.4, -0.2) is 89.6 Å². The minimum absolute atomic E-state index is 0.140. The van der Waals surface area contributed by atoms with Gasteiger partial charge in [0.15, 0.2) is 0 Å². The molecule has 2 heterocycles. The fraction of sp³-hybridized carbons (Fsp3) is 0.407. The summed E-state index contributed by atoms with van der Waals surface area (Å²) in [6.07, 6.45) is 5.40. The number of nitrogens with one attached hydrogen (secondary N) is 3. The van der Waals surface area contributed by atoms with Crippen molar-refractivity contribution in [2.24, 2.45) is 0 Å². The van der Waals surface area contributed by atoms with Gasteiger partial charge in [-0.25, -0.2) is 9.37 Å². The number of aromatic nitrogens is 2. The van der Waals surface area contributed by atoms with Gasteiger partial charge in [-0.1, -0.05) is 24.0 Å². The molecule has 202 valence electrons. The molecule has 0 bridgehead atoms. The van der Waals surface area contributed by atoms with Crippen molar-refractivity contribution in [2.75, 3.05) is 51.4 Å². The molecule has 1 saturated heterocycles. The summed E-state index contributed by atoms with van der Waals surface area (Å²) in [5.41, 5.74) is 1.14. The van der Waals surface area contributed by atoms with Crippen LogP contribution in [0.4, 0.5) is 21.8 Å². The molecule has 0 aliphatic carbocycles. The third-order valence-corrected chi connectivity index (χ3v) is 5.70. The first-order valence-corrected chi connectivity index (χ1v) is 12.4. The summed E-state index contributed by atoms with van der Waals surface area (Å²) in [5.74, 6) is 6.00. The highest BCUT2D eigenvalue weighted by atomic mass is 19.1. The molecule has 1 fully saturated rings. The van der Waals surface area contributed by atoms with E-state index in [4.69, 9.17) is 0 Å². The highest BCUT2D eigenvalue weighted by Crippen LogP contribution is 2.19. The Morgan fingerprint density at radius 2 is 2.16 bits per heavy atom. The number of rotatable bonds is 10. The van der Waals surface area contributed by atoms with Gasteiger partial charge in [0.1, 0.15) is 17.7 Å². The number of unbranched alkanes of at least 4 members (excludes halogenated alkanes) is 1. The number of likely N-dealkylation sites (tertiary alicyclic amines) is 1. The number of amides is 2. The molecular formula is C27H34FN7O3. The predicted octanol–water partition coefficient (Wildman–Crippen LogP) is 1.73. The topological polar surface area (TPSA) is 123 Å². The number of β-amino-alcohol motifs (C(OH)–C–C–N with tert-alkyl or cyclic N) is 1. The Balaban J connectivity index is 1.48. The lowest BCUT2D eigenvalue weighted by atomic mass is 10.2. The molecule has 1 aliphatic rings. The fourth-order valence-corrected chi connectivity index (χ4v) is 3.85. The van der Waals surface area contributed by atoms with Gasteiger partial charge in [-0.3, -0.25) is 9.59 Å². The first-order valence-electron chi connectivity index (χ1n) is 12.4. The third kappa shape index (κ3) is 8.54. The molecule has 2 aromatic rings. The zero-order valence-corrected chi connectivity index (χ0v) is 21.9. The summed E-state index contributed by atoms with van der Waals surface area (Å²) >= 11 is 0. The first-order chi connectivity index (χ1) is 18.3. The monoisotopic (exact) mass is 523 g/mol. The van der Waals surface area contributed by atoms with Crippen molar-refractivity contribution in [1.29, 1.82) is 0 Å². The summed E-state index contributed by atoms with van der Waals surface area (Å²) in [4.78, 5) is 37.1. The molecule has 0 radical (unpaired) electrons. The Morgan fingerprint density at radius 1 is 1.34 bits per heavy atom. The largest absolute Gasteiger partial charge is 0.391 e. The van der Waals surface area contributed by atoms with Crippen LogP contribution in [0.1, 0.15) is 24.8 Å². The van der Waals surface area contributed by atoms with E-state index in [1.807, 2.05) is 19.0 Å². The van der Waals surface area contributed by atoms with Crippen molar-refractivity contribution >= 4 is 29.3 Å². The zero-order chi connectivity index (χ0) is 27.5. The summed E-state index contributed by atoms with van der Waals surface area (Å²) in [7, 11) is 5.51. The molecule has 0 spiro atoms. The lowest BCUT2D eigenvalue weighted by molar-refractivity contribution is -0.135. The lowest BCUT2D eigenvalue weighted by Crippen LogP contribution is -2.45. The molecule has 0 unspecified atom stereocenters. The van der Waals surface area contributed by atoms with Gasteiger partial charge >= 0.3 is 0 Å². The van der Waals surface area contributed by atoms with Gasteiger partial charge in [0.25, 0.3) is 0 Å². The van der Waals surface area contributed by atoms with Gasteiger partial charge in [0.05, 0.1) is 17.9 Å². The Morgan fingerprint density at radius 3 is 2.89 bits per heavy atom. The van der Waals surface area contributed by atoms with Crippen LogP contribution in [0.2, 0.25) is 0 Å². The van der Waals surface area contributed by atoms with Crippen molar-refractivity contribution in [3.05, 3.63) is 54.0 Å². The number of hydrogen-bond donors (Lipinski definition) is 4. The van der Waals surface area contributed by atoms with Gasteiger partial charge in [-0.05, 0) is 38.7 Å². The average molecular weight is 524 g/mol. The van der Waals surface area contributed by atoms with Crippen LogP contribution in [-0.2, 0) is 9.59 Å². The number of benzene rings is 1. The molecule has 3 rings (SSSR count). The average Bonchev–Trinajstić information content (AvgIpc) is 3.28. The van der Waals surface area contributed by atoms with E-state index in [-0.39, 0.29) is 30.6 Å². The maximum absolute atomic E-state index is 13.4. The number of anilines is 3. The number of nitrogens with zero attached hydrogens (tertiary/aromatic N) is 4. The molecule has 2 amide bonds. The van der Waals surface area contributed by atoms with E-state index in [2.05, 4.69) is 37.8 Å². The molecule has 1 aromatic heterocycles. The Bertz CT molecular complexity index is 1210. The second kappa shape index (κ2) is 14.1. The number of hydrogen-bond acceptors (Lipinski definition) is 8. The molecule has 0 saturated carbocycles. The maximum Gasteiger partial charge on any atom is 0.247 e. The van der Waals surface area contributed by atoms with Crippen LogP contribution >= 0.6 is 0 Å². The number of aliphatic hydroxyl groups excluding tert-OH is 1. The van der Waals surface area contributed by atoms with Gasteiger partial charge < -0.3 is 30.9 Å². The second-order valence-electron chi connectivity index (χ2n) is 9.10. The molecule has 2 atom stereocenters. The van der Waals surface area contributed by atoms with E-state index < -0.39 is 12.1 Å². The molecule has 10 nitrogen and oxygen atoms in total. The van der Waals surface area contributed by atoms with E-state index >= 15 is 0 Å². The number of likely N-dealkylation sites (N-methyl/N-ethyl adjacent to an activating group) is 1. The Labute approximate surface area is 222 Å². The number of halogens is 1. The minimum atomic E-state index is -0.721. The Hall–Kier alpha value is -4.01. The molecular weight excluding hydrogens is 489 g/mol. The summed E-state index contributed by atoms with van der Waals surface area (Å²) < 4.78 is 13.4. The van der Waals surface area contributed by atoms with Crippen LogP contribution in [0.3, 0.4) is 0 Å². The predicted molar refractivity (Wildman–Crippen MR) is 144 cm³/mol. The maximum atomic E-state index is 13.4. The molecule has 4 N–H and O–H groups in total. The molecule has 1 aliphatic heterocycles. The highest BCUT2D eigenvalue weighted by Gasteiger charge is 2.37. The quantitative estimate of drug-likeness (QED) is 0.211. The molecule has 11 heteroatoms. The summed E-state index contributed by atoms with van der Waals surface area (Å²) in [6, 6.07) is 5.32. The summed E-state index contributed by atoms with van der Waals surface area (Å²) in [5, 5.41) is 18.8. The lowest BCUT2D eigenvalue weighted by Gasteiger charge is -2.22. The third-order valence-electron chi connectivity index (χ3n) is 5.70. The van der Waals surface area contributed by atoms with Crippen molar-refractivity contribution in [3.8, 4) is 11.8 Å². The Kier molecular flexibility index (Phi) is 10.6. The van der Waals surface area contributed by atoms with E-state index in [1.165, 1.54) is 23.1 Å². The molecule has 1 aromatic carbocycles. The standard InChI is InChI=1S/C27H34FN7O3/c1-29-25-19(17-31-27(33-25)32-21-11-7-10-20(28)15-21)9-5-4-6-13-30-26(38)23-16-22(36)18-35(23)24(37)12-8-14-34(2)3/h7-8,10-12,15,17,22-23,36H,4,6,13-14,16,18H2,1-3H3,(H,30,38)(H2,29,31,32,33)/b12-8+/t22-,23-/m0/s1. The smallest absolute Gasteiger partial charge is 0.247 e.